The lowest BCUT2D eigenvalue weighted by Gasteiger charge is -2.33. The summed E-state index contributed by atoms with van der Waals surface area (Å²) in [6, 6.07) is 10.0. The van der Waals surface area contributed by atoms with Gasteiger partial charge in [-0.3, -0.25) is 4.79 Å². The molecule has 0 amide bonds. The van der Waals surface area contributed by atoms with Gasteiger partial charge in [0.25, 0.3) is 0 Å². The molecule has 1 aromatic carbocycles. The maximum absolute atomic E-state index is 11.5. The maximum Gasteiger partial charge on any atom is 0.159 e. The number of nitriles is 1. The summed E-state index contributed by atoms with van der Waals surface area (Å²) in [6.45, 7) is 6.88. The third-order valence-electron chi connectivity index (χ3n) is 3.90. The molecule has 1 saturated heterocycles. The highest BCUT2D eigenvalue weighted by atomic mass is 16.1. The van der Waals surface area contributed by atoms with Gasteiger partial charge in [0, 0.05) is 29.8 Å². The van der Waals surface area contributed by atoms with Gasteiger partial charge in [-0.05, 0) is 45.2 Å². The van der Waals surface area contributed by atoms with Crippen molar-refractivity contribution in [1.29, 1.82) is 5.26 Å². The van der Waals surface area contributed by atoms with Crippen molar-refractivity contribution < 1.29 is 4.79 Å². The molecule has 0 spiro atoms. The van der Waals surface area contributed by atoms with Crippen molar-refractivity contribution in [2.75, 3.05) is 11.4 Å². The van der Waals surface area contributed by atoms with Crippen LogP contribution >= 0.6 is 0 Å². The molecule has 0 aliphatic carbocycles. The highest BCUT2D eigenvalue weighted by Gasteiger charge is 2.38. The summed E-state index contributed by atoms with van der Waals surface area (Å²) < 4.78 is 0. The fourth-order valence-electron chi connectivity index (χ4n) is 3.00. The van der Waals surface area contributed by atoms with Gasteiger partial charge in [0.05, 0.1) is 6.07 Å². The van der Waals surface area contributed by atoms with E-state index in [1.807, 2.05) is 24.3 Å². The zero-order valence-electron chi connectivity index (χ0n) is 11.8. The molecule has 1 atom stereocenters. The highest BCUT2D eigenvalue weighted by molar-refractivity contribution is 5.95. The zero-order chi connectivity index (χ0) is 14.0. The van der Waals surface area contributed by atoms with Crippen molar-refractivity contribution in [2.45, 2.75) is 39.2 Å². The number of hydrogen-bond donors (Lipinski definition) is 0. The molecule has 0 saturated carbocycles. The molecule has 1 unspecified atom stereocenters. The molecule has 3 heteroatoms. The average molecular weight is 256 g/mol. The molecule has 3 nitrogen and oxygen atoms in total. The minimum absolute atomic E-state index is 0.0386. The van der Waals surface area contributed by atoms with Crippen molar-refractivity contribution in [2.24, 2.45) is 5.92 Å². The van der Waals surface area contributed by atoms with Crippen LogP contribution in [0.1, 0.15) is 44.0 Å². The van der Waals surface area contributed by atoms with Crippen LogP contribution in [0.2, 0.25) is 0 Å². The first-order chi connectivity index (χ1) is 8.94. The van der Waals surface area contributed by atoms with E-state index in [4.69, 9.17) is 5.26 Å². The van der Waals surface area contributed by atoms with Crippen molar-refractivity contribution in [3.8, 4) is 6.07 Å². The quantitative estimate of drug-likeness (QED) is 0.778. The van der Waals surface area contributed by atoms with Gasteiger partial charge in [-0.2, -0.15) is 5.26 Å². The number of benzene rings is 1. The number of carbonyl (C=O) groups excluding carboxylic acids is 1. The Morgan fingerprint density at radius 2 is 2.26 bits per heavy atom. The molecule has 0 radical (unpaired) electrons. The summed E-state index contributed by atoms with van der Waals surface area (Å²) in [5, 5.41) is 8.86. The van der Waals surface area contributed by atoms with Gasteiger partial charge in [0.2, 0.25) is 0 Å². The molecule has 1 aliphatic rings. The molecule has 1 heterocycles. The van der Waals surface area contributed by atoms with E-state index in [1.54, 1.807) is 6.92 Å². The lowest BCUT2D eigenvalue weighted by atomic mass is 9.94. The lowest BCUT2D eigenvalue weighted by molar-refractivity contribution is 0.101. The lowest BCUT2D eigenvalue weighted by Crippen LogP contribution is -2.38. The molecule has 1 fully saturated rings. The van der Waals surface area contributed by atoms with E-state index >= 15 is 0 Å². The largest absolute Gasteiger partial charge is 0.366 e. The van der Waals surface area contributed by atoms with E-state index in [0.717, 1.165) is 24.2 Å². The van der Waals surface area contributed by atoms with E-state index in [2.05, 4.69) is 24.8 Å². The molecule has 0 aromatic heterocycles. The molecule has 0 bridgehead atoms. The van der Waals surface area contributed by atoms with Gasteiger partial charge < -0.3 is 4.90 Å². The molecular weight excluding hydrogens is 236 g/mol. The second kappa shape index (κ2) is 5.05. The summed E-state index contributed by atoms with van der Waals surface area (Å²) in [6.07, 6.45) is 1.62. The van der Waals surface area contributed by atoms with E-state index in [0.29, 0.717) is 12.3 Å². The Labute approximate surface area is 114 Å². The molecule has 0 N–H and O–H groups in total. The molecule has 100 valence electrons. The summed E-state index contributed by atoms with van der Waals surface area (Å²) in [5.41, 5.74) is 1.87. The van der Waals surface area contributed by atoms with Crippen molar-refractivity contribution in [3.63, 3.8) is 0 Å². The van der Waals surface area contributed by atoms with Crippen LogP contribution in [0.4, 0.5) is 5.69 Å². The van der Waals surface area contributed by atoms with E-state index < -0.39 is 0 Å². The number of carbonyl (C=O) groups is 1. The number of rotatable bonds is 3. The van der Waals surface area contributed by atoms with Crippen LogP contribution in [0.15, 0.2) is 24.3 Å². The molecule has 2 rings (SSSR count). The molecule has 19 heavy (non-hydrogen) atoms. The monoisotopic (exact) mass is 256 g/mol. The van der Waals surface area contributed by atoms with Crippen LogP contribution in [-0.2, 0) is 0 Å². The van der Waals surface area contributed by atoms with Gasteiger partial charge in [-0.1, -0.05) is 12.1 Å². The molecule has 1 aliphatic heterocycles. The number of ketones is 1. The van der Waals surface area contributed by atoms with Crippen LogP contribution in [0.3, 0.4) is 0 Å². The van der Waals surface area contributed by atoms with Crippen molar-refractivity contribution in [3.05, 3.63) is 29.8 Å². The second-order valence-electron chi connectivity index (χ2n) is 5.96. The van der Waals surface area contributed by atoms with Crippen molar-refractivity contribution in [1.82, 2.24) is 0 Å². The number of nitrogens with zero attached hydrogens (tertiary/aromatic N) is 2. The van der Waals surface area contributed by atoms with Crippen LogP contribution < -0.4 is 4.90 Å². The van der Waals surface area contributed by atoms with E-state index in [9.17, 15) is 4.79 Å². The minimum Gasteiger partial charge on any atom is -0.366 e. The summed E-state index contributed by atoms with van der Waals surface area (Å²) >= 11 is 0. The zero-order valence-corrected chi connectivity index (χ0v) is 11.8. The Bertz CT molecular complexity index is 528. The van der Waals surface area contributed by atoms with Crippen LogP contribution in [-0.4, -0.2) is 17.9 Å². The van der Waals surface area contributed by atoms with Gasteiger partial charge in [0.1, 0.15) is 0 Å². The summed E-state index contributed by atoms with van der Waals surface area (Å²) in [7, 11) is 0. The average Bonchev–Trinajstić information content (AvgIpc) is 2.65. The fourth-order valence-corrected chi connectivity index (χ4v) is 3.00. The minimum atomic E-state index is 0.0386. The predicted octanol–water partition coefficient (Wildman–Crippen LogP) is 3.41. The Balaban J connectivity index is 2.28. The Hall–Kier alpha value is -1.82. The van der Waals surface area contributed by atoms with Gasteiger partial charge in [-0.15, -0.1) is 0 Å². The molecular formula is C16H20N2O. The first-order valence-electron chi connectivity index (χ1n) is 6.69. The Morgan fingerprint density at radius 3 is 2.89 bits per heavy atom. The molecule has 1 aromatic rings. The Morgan fingerprint density at radius 1 is 1.53 bits per heavy atom. The van der Waals surface area contributed by atoms with Crippen LogP contribution in [0.25, 0.3) is 0 Å². The SMILES string of the molecule is CC(=O)c1cccc(N2CC(CC#N)CC2(C)C)c1. The smallest absolute Gasteiger partial charge is 0.159 e. The fraction of sp³-hybridized carbons (Fsp3) is 0.500. The first-order valence-corrected chi connectivity index (χ1v) is 6.69. The van der Waals surface area contributed by atoms with Gasteiger partial charge >= 0.3 is 0 Å². The topological polar surface area (TPSA) is 44.1 Å². The first kappa shape index (κ1) is 13.6. The second-order valence-corrected chi connectivity index (χ2v) is 5.96. The summed E-state index contributed by atoms with van der Waals surface area (Å²) in [5.74, 6) is 0.508. The standard InChI is InChI=1S/C16H20N2O/c1-12(19)14-5-4-6-15(9-14)18-11-13(7-8-17)10-16(18,2)3/h4-6,9,13H,7,10-11H2,1-3H3. The van der Waals surface area contributed by atoms with Gasteiger partial charge in [-0.25, -0.2) is 0 Å². The number of anilines is 1. The van der Waals surface area contributed by atoms with Gasteiger partial charge in [0.15, 0.2) is 5.78 Å². The third-order valence-corrected chi connectivity index (χ3v) is 3.90. The van der Waals surface area contributed by atoms with E-state index in [-0.39, 0.29) is 11.3 Å². The maximum atomic E-state index is 11.5. The predicted molar refractivity (Wildman–Crippen MR) is 76.2 cm³/mol. The van der Waals surface area contributed by atoms with Crippen molar-refractivity contribution >= 4 is 11.5 Å². The summed E-state index contributed by atoms with van der Waals surface area (Å²) in [4.78, 5) is 13.8. The third kappa shape index (κ3) is 2.78. The van der Waals surface area contributed by atoms with Crippen LogP contribution in [0.5, 0.6) is 0 Å². The normalized spacial score (nSPS) is 21.2. The number of Topliss-reactive ketones (excluding diaryl/α,β-unsaturated/α-hetero) is 1. The highest BCUT2D eigenvalue weighted by Crippen LogP contribution is 2.38. The van der Waals surface area contributed by atoms with Crippen LogP contribution in [0, 0.1) is 17.2 Å². The number of hydrogen-bond acceptors (Lipinski definition) is 3. The van der Waals surface area contributed by atoms with E-state index in [1.165, 1.54) is 0 Å². The Kier molecular flexibility index (Phi) is 3.61.